The van der Waals surface area contributed by atoms with Gasteiger partial charge < -0.3 is 20.1 Å². The summed E-state index contributed by atoms with van der Waals surface area (Å²) in [6.07, 6.45) is 2.01. The monoisotopic (exact) mass is 450 g/mol. The zero-order valence-electron chi connectivity index (χ0n) is 16.6. The molecule has 2 N–H and O–H groups in total. The highest BCUT2D eigenvalue weighted by atomic mass is 32.1. The van der Waals surface area contributed by atoms with Crippen LogP contribution in [0.15, 0.2) is 22.9 Å². The molecule has 160 valence electrons. The minimum Gasteiger partial charge on any atom is -0.462 e. The predicted molar refractivity (Wildman–Crippen MR) is 113 cm³/mol. The molecule has 30 heavy (non-hydrogen) atoms. The number of carbonyl (C=O) groups excluding carboxylic acids is 4. The molecule has 0 bridgehead atoms. The summed E-state index contributed by atoms with van der Waals surface area (Å²) in [7, 11) is 0. The van der Waals surface area contributed by atoms with Crippen molar-refractivity contribution in [2.75, 3.05) is 18.5 Å². The van der Waals surface area contributed by atoms with E-state index in [9.17, 15) is 19.2 Å². The molecule has 1 atom stereocenters. The van der Waals surface area contributed by atoms with E-state index in [1.54, 1.807) is 24.4 Å². The topological polar surface area (TPSA) is 111 Å². The van der Waals surface area contributed by atoms with Gasteiger partial charge >= 0.3 is 11.9 Å². The number of thiophene rings is 2. The van der Waals surface area contributed by atoms with E-state index in [0.29, 0.717) is 21.4 Å². The quantitative estimate of drug-likeness (QED) is 0.568. The Morgan fingerprint density at radius 2 is 1.97 bits per heavy atom. The van der Waals surface area contributed by atoms with Crippen LogP contribution in [-0.2, 0) is 19.1 Å². The Hall–Kier alpha value is -2.72. The van der Waals surface area contributed by atoms with E-state index in [0.717, 1.165) is 18.4 Å². The summed E-state index contributed by atoms with van der Waals surface area (Å²) in [6, 6.07) is 2.46. The lowest BCUT2D eigenvalue weighted by Crippen LogP contribution is -2.40. The molecular weight excluding hydrogens is 428 g/mol. The van der Waals surface area contributed by atoms with Crippen molar-refractivity contribution >= 4 is 51.4 Å². The smallest absolute Gasteiger partial charge is 0.341 e. The average Bonchev–Trinajstić information content (AvgIpc) is 3.24. The summed E-state index contributed by atoms with van der Waals surface area (Å²) >= 11 is 2.50. The summed E-state index contributed by atoms with van der Waals surface area (Å²) < 4.78 is 10.1. The first kappa shape index (κ1) is 22.0. The average molecular weight is 451 g/mol. The number of hydrogen-bond acceptors (Lipinski definition) is 8. The van der Waals surface area contributed by atoms with Crippen molar-refractivity contribution in [3.63, 3.8) is 0 Å². The zero-order chi connectivity index (χ0) is 21.7. The maximum atomic E-state index is 12.3. The highest BCUT2D eigenvalue weighted by Gasteiger charge is 2.32. The van der Waals surface area contributed by atoms with Crippen molar-refractivity contribution < 1.29 is 28.7 Å². The number of rotatable bonds is 9. The lowest BCUT2D eigenvalue weighted by molar-refractivity contribution is -0.148. The van der Waals surface area contributed by atoms with Crippen LogP contribution in [-0.4, -0.2) is 43.0 Å². The van der Waals surface area contributed by atoms with Gasteiger partial charge in [0.15, 0.2) is 6.61 Å². The van der Waals surface area contributed by atoms with Crippen molar-refractivity contribution in [1.82, 2.24) is 5.32 Å². The minimum absolute atomic E-state index is 0.235. The maximum Gasteiger partial charge on any atom is 0.341 e. The maximum absolute atomic E-state index is 12.3. The molecule has 1 saturated carbocycles. The molecule has 0 spiro atoms. The Kier molecular flexibility index (Phi) is 7.22. The summed E-state index contributed by atoms with van der Waals surface area (Å²) in [6.45, 7) is 2.90. The Morgan fingerprint density at radius 1 is 1.20 bits per heavy atom. The van der Waals surface area contributed by atoms with Crippen molar-refractivity contribution in [2.45, 2.75) is 38.6 Å². The molecule has 2 aromatic rings. The third-order valence-corrected chi connectivity index (χ3v) is 6.14. The first-order valence-corrected chi connectivity index (χ1v) is 11.3. The van der Waals surface area contributed by atoms with Crippen LogP contribution in [0.4, 0.5) is 5.00 Å². The molecule has 2 heterocycles. The Labute approximate surface area is 181 Å². The van der Waals surface area contributed by atoms with E-state index in [1.807, 2.05) is 5.38 Å². The molecule has 1 aliphatic rings. The first-order valence-electron chi connectivity index (χ1n) is 9.50. The third-order valence-electron chi connectivity index (χ3n) is 4.36. The fraction of sp³-hybridized carbons (Fsp3) is 0.400. The number of esters is 2. The minimum atomic E-state index is -0.911. The van der Waals surface area contributed by atoms with Crippen LogP contribution in [0.2, 0.25) is 0 Å². The Bertz CT molecular complexity index is 933. The highest BCUT2D eigenvalue weighted by Crippen LogP contribution is 2.46. The Balaban J connectivity index is 1.53. The molecule has 1 unspecified atom stereocenters. The van der Waals surface area contributed by atoms with Gasteiger partial charge in [-0.3, -0.25) is 9.59 Å². The summed E-state index contributed by atoms with van der Waals surface area (Å²) in [4.78, 5) is 49.1. The number of hydrogen-bond donors (Lipinski definition) is 2. The normalized spacial score (nSPS) is 13.9. The second-order valence-electron chi connectivity index (χ2n) is 6.72. The first-order chi connectivity index (χ1) is 14.4. The van der Waals surface area contributed by atoms with E-state index >= 15 is 0 Å². The molecule has 0 aliphatic heterocycles. The molecule has 1 fully saturated rings. The van der Waals surface area contributed by atoms with Crippen LogP contribution in [0, 0.1) is 0 Å². The number of amides is 2. The van der Waals surface area contributed by atoms with Crippen LogP contribution >= 0.6 is 22.7 Å². The fourth-order valence-electron chi connectivity index (χ4n) is 2.73. The Morgan fingerprint density at radius 3 is 2.60 bits per heavy atom. The van der Waals surface area contributed by atoms with Crippen LogP contribution < -0.4 is 10.6 Å². The standard InChI is InChI=1S/C20H22N2O6S2/c1-3-27-20(26)16-13(12-6-7-12)10-30-18(16)22-15(23)9-28-19(25)11(2)21-17(24)14-5-4-8-29-14/h4-5,8,10-12H,3,6-7,9H2,1-2H3,(H,21,24)(H,22,23). The van der Waals surface area contributed by atoms with Gasteiger partial charge in [0.25, 0.3) is 11.8 Å². The third kappa shape index (κ3) is 5.45. The number of nitrogens with one attached hydrogen (secondary N) is 2. The van der Waals surface area contributed by atoms with Crippen molar-refractivity contribution in [2.24, 2.45) is 0 Å². The molecular formula is C20H22N2O6S2. The van der Waals surface area contributed by atoms with Gasteiger partial charge in [-0.05, 0) is 55.0 Å². The summed E-state index contributed by atoms with van der Waals surface area (Å²) in [5.41, 5.74) is 1.26. The van der Waals surface area contributed by atoms with E-state index < -0.39 is 30.5 Å². The van der Waals surface area contributed by atoms with Gasteiger partial charge in [-0.1, -0.05) is 6.07 Å². The summed E-state index contributed by atoms with van der Waals surface area (Å²) in [5.74, 6) is -1.85. The number of anilines is 1. The number of ether oxygens (including phenoxy) is 2. The van der Waals surface area contributed by atoms with Gasteiger partial charge in [0.05, 0.1) is 17.0 Å². The van der Waals surface area contributed by atoms with Crippen LogP contribution in [0.25, 0.3) is 0 Å². The van der Waals surface area contributed by atoms with Gasteiger partial charge in [-0.2, -0.15) is 0 Å². The van der Waals surface area contributed by atoms with Gasteiger partial charge in [0.2, 0.25) is 0 Å². The van der Waals surface area contributed by atoms with Gasteiger partial charge in [0.1, 0.15) is 11.0 Å². The fourth-order valence-corrected chi connectivity index (χ4v) is 4.40. The molecule has 8 nitrogen and oxygen atoms in total. The lowest BCUT2D eigenvalue weighted by Gasteiger charge is -2.13. The second-order valence-corrected chi connectivity index (χ2v) is 8.55. The van der Waals surface area contributed by atoms with Crippen molar-refractivity contribution in [1.29, 1.82) is 0 Å². The zero-order valence-corrected chi connectivity index (χ0v) is 18.2. The second kappa shape index (κ2) is 9.86. The van der Waals surface area contributed by atoms with Crippen molar-refractivity contribution in [3.8, 4) is 0 Å². The summed E-state index contributed by atoms with van der Waals surface area (Å²) in [5, 5.41) is 9.14. The molecule has 0 radical (unpaired) electrons. The van der Waals surface area contributed by atoms with Crippen LogP contribution in [0.3, 0.4) is 0 Å². The predicted octanol–water partition coefficient (Wildman–Crippen LogP) is 3.16. The van der Waals surface area contributed by atoms with Gasteiger partial charge in [0, 0.05) is 0 Å². The highest BCUT2D eigenvalue weighted by molar-refractivity contribution is 7.15. The molecule has 1 aliphatic carbocycles. The SMILES string of the molecule is CCOC(=O)c1c(C2CC2)csc1NC(=O)COC(=O)C(C)NC(=O)c1cccs1. The van der Waals surface area contributed by atoms with Gasteiger partial charge in [-0.25, -0.2) is 9.59 Å². The largest absolute Gasteiger partial charge is 0.462 e. The molecule has 10 heteroatoms. The molecule has 2 aromatic heterocycles. The van der Waals surface area contributed by atoms with Crippen LogP contribution in [0.1, 0.15) is 58.2 Å². The van der Waals surface area contributed by atoms with E-state index in [1.165, 1.54) is 29.6 Å². The molecule has 3 rings (SSSR count). The van der Waals surface area contributed by atoms with Crippen molar-refractivity contribution in [3.05, 3.63) is 38.9 Å². The molecule has 2 amide bonds. The lowest BCUT2D eigenvalue weighted by atomic mass is 10.1. The molecule has 0 saturated heterocycles. The molecule has 0 aromatic carbocycles. The van der Waals surface area contributed by atoms with E-state index in [4.69, 9.17) is 9.47 Å². The van der Waals surface area contributed by atoms with E-state index in [-0.39, 0.29) is 12.5 Å². The van der Waals surface area contributed by atoms with Gasteiger partial charge in [-0.15, -0.1) is 22.7 Å². The van der Waals surface area contributed by atoms with E-state index in [2.05, 4.69) is 10.6 Å². The van der Waals surface area contributed by atoms with Crippen LogP contribution in [0.5, 0.6) is 0 Å². The number of carbonyl (C=O) groups is 4.